The summed E-state index contributed by atoms with van der Waals surface area (Å²) in [4.78, 5) is 26.4. The van der Waals surface area contributed by atoms with E-state index in [1.165, 1.54) is 0 Å². The van der Waals surface area contributed by atoms with Gasteiger partial charge in [-0.15, -0.1) is 0 Å². The van der Waals surface area contributed by atoms with Gasteiger partial charge in [0.05, 0.1) is 36.1 Å². The molecule has 3 aliphatic heterocycles. The third-order valence-electron chi connectivity index (χ3n) is 13.1. The molecule has 6 N–H and O–H groups in total. The third kappa shape index (κ3) is 7.26. The largest absolute Gasteiger partial charge is 0.481 e. The third-order valence-corrected chi connectivity index (χ3v) is 13.1. The molecule has 3 fully saturated rings. The van der Waals surface area contributed by atoms with Crippen LogP contribution < -0.4 is 0 Å². The number of Topliss-reactive ketones (excluding diaryl/α,β-unsaturated/α-hetero) is 1. The van der Waals surface area contributed by atoms with Gasteiger partial charge < -0.3 is 44.8 Å². The van der Waals surface area contributed by atoms with Crippen molar-refractivity contribution in [2.45, 2.75) is 181 Å². The number of aliphatic hydroxyl groups excluding tert-OH is 3. The van der Waals surface area contributed by atoms with E-state index in [9.17, 15) is 40.2 Å². The molecule has 0 bridgehead atoms. The predicted octanol–water partition coefficient (Wildman–Crippen LogP) is 4.67. The van der Waals surface area contributed by atoms with Gasteiger partial charge in [0.15, 0.2) is 11.6 Å². The van der Waals surface area contributed by atoms with Crippen molar-refractivity contribution in [3.8, 4) is 0 Å². The first-order valence-corrected chi connectivity index (χ1v) is 19.0. The van der Waals surface area contributed by atoms with Crippen LogP contribution in [-0.2, 0) is 23.8 Å². The zero-order chi connectivity index (χ0) is 37.4. The Bertz CT molecular complexity index is 1130. The number of ketones is 1. The fourth-order valence-corrected chi connectivity index (χ4v) is 9.82. The minimum absolute atomic E-state index is 0.0760. The van der Waals surface area contributed by atoms with Crippen molar-refractivity contribution in [1.29, 1.82) is 0 Å². The molecule has 17 atom stereocenters. The Kier molecular flexibility index (Phi) is 13.6. The molecule has 49 heavy (non-hydrogen) atoms. The number of carbonyl (C=O) groups excluding carboxylic acids is 1. The summed E-state index contributed by atoms with van der Waals surface area (Å²) in [6.07, 6.45) is -0.779. The molecular weight excluding hydrogens is 632 g/mol. The van der Waals surface area contributed by atoms with E-state index in [2.05, 4.69) is 0 Å². The van der Waals surface area contributed by atoms with Gasteiger partial charge in [0.2, 0.25) is 0 Å². The van der Waals surface area contributed by atoms with Gasteiger partial charge in [-0.3, -0.25) is 9.59 Å². The topological polar surface area (TPSA) is 183 Å². The van der Waals surface area contributed by atoms with E-state index in [0.717, 1.165) is 6.42 Å². The molecule has 0 spiro atoms. The van der Waals surface area contributed by atoms with Gasteiger partial charge in [0.1, 0.15) is 17.3 Å². The zero-order valence-electron chi connectivity index (χ0n) is 31.9. The second-order valence-corrected chi connectivity index (χ2v) is 16.2. The van der Waals surface area contributed by atoms with Crippen molar-refractivity contribution in [2.75, 3.05) is 0 Å². The van der Waals surface area contributed by atoms with Crippen molar-refractivity contribution < 1.29 is 54.4 Å². The number of carbonyl (C=O) groups is 2. The minimum atomic E-state index is -2.16. The maximum atomic E-state index is 14.3. The van der Waals surface area contributed by atoms with Gasteiger partial charge in [-0.1, -0.05) is 75.7 Å². The lowest BCUT2D eigenvalue weighted by Gasteiger charge is -2.52. The average Bonchev–Trinajstić information content (AvgIpc) is 3.52. The summed E-state index contributed by atoms with van der Waals surface area (Å²) in [6.45, 7) is 20.0. The van der Waals surface area contributed by atoms with Gasteiger partial charge in [0.25, 0.3) is 0 Å². The number of carboxylic acid groups (broad SMARTS) is 1. The molecule has 0 aromatic carbocycles. The predicted molar refractivity (Wildman–Crippen MR) is 184 cm³/mol. The van der Waals surface area contributed by atoms with Gasteiger partial charge in [-0.25, -0.2) is 0 Å². The summed E-state index contributed by atoms with van der Waals surface area (Å²) < 4.78 is 19.4. The molecule has 3 rings (SSSR count). The molecule has 0 aromatic rings. The molecule has 17 unspecified atom stereocenters. The average molecular weight is 701 g/mol. The molecule has 11 nitrogen and oxygen atoms in total. The molecule has 3 saturated heterocycles. The summed E-state index contributed by atoms with van der Waals surface area (Å²) in [5, 5.41) is 67.8. The lowest BCUT2D eigenvalue weighted by molar-refractivity contribution is -0.348. The number of rotatable bonds is 16. The monoisotopic (exact) mass is 700 g/mol. The summed E-state index contributed by atoms with van der Waals surface area (Å²) in [7, 11) is 0. The van der Waals surface area contributed by atoms with Gasteiger partial charge >= 0.3 is 5.97 Å². The maximum Gasteiger partial charge on any atom is 0.311 e. The van der Waals surface area contributed by atoms with Gasteiger partial charge in [0, 0.05) is 35.5 Å². The van der Waals surface area contributed by atoms with Crippen LogP contribution in [0.1, 0.15) is 128 Å². The molecule has 11 heteroatoms. The van der Waals surface area contributed by atoms with Crippen LogP contribution in [0.15, 0.2) is 0 Å². The molecule has 0 aliphatic carbocycles. The summed E-state index contributed by atoms with van der Waals surface area (Å²) >= 11 is 0. The van der Waals surface area contributed by atoms with Gasteiger partial charge in [-0.05, 0) is 57.8 Å². The Balaban J connectivity index is 1.85. The quantitative estimate of drug-likeness (QED) is 0.132. The van der Waals surface area contributed by atoms with Crippen molar-refractivity contribution >= 4 is 11.8 Å². The second kappa shape index (κ2) is 15.8. The van der Waals surface area contributed by atoms with E-state index in [4.69, 9.17) is 14.2 Å². The molecule has 3 aliphatic rings. The summed E-state index contributed by atoms with van der Waals surface area (Å²) in [6, 6.07) is 0. The molecule has 3 heterocycles. The summed E-state index contributed by atoms with van der Waals surface area (Å²) in [5.74, 6) is -10.7. The fraction of sp³-hybridized carbons (Fsp3) is 0.947. The number of carboxylic acids is 1. The van der Waals surface area contributed by atoms with Crippen LogP contribution in [0.3, 0.4) is 0 Å². The van der Waals surface area contributed by atoms with E-state index in [1.807, 2.05) is 48.5 Å². The highest BCUT2D eigenvalue weighted by Crippen LogP contribution is 2.56. The molecule has 0 saturated carbocycles. The lowest BCUT2D eigenvalue weighted by atomic mass is 9.69. The van der Waals surface area contributed by atoms with E-state index in [0.29, 0.717) is 38.5 Å². The Morgan fingerprint density at radius 3 is 2.02 bits per heavy atom. The Morgan fingerprint density at radius 1 is 0.918 bits per heavy atom. The SMILES string of the molecule is CCCC(O)C1(CC)CC(C)C(O)(C2(C)CC(C)C(C(CC)C(=O)C(C)C(O)C(C)C3OC(O)(C(CC)C(=O)O)C(C)C(O)C3CC)O2)O1. The molecule has 0 radical (unpaired) electrons. The number of hydrogen-bond donors (Lipinski definition) is 6. The van der Waals surface area contributed by atoms with E-state index in [-0.39, 0.29) is 24.0 Å². The van der Waals surface area contributed by atoms with Crippen LogP contribution in [0.5, 0.6) is 0 Å². The van der Waals surface area contributed by atoms with Crippen molar-refractivity contribution in [3.05, 3.63) is 0 Å². The Hall–Kier alpha value is -1.18. The van der Waals surface area contributed by atoms with E-state index >= 15 is 0 Å². The standard InChI is InChI=1S/C38H68O11/c1-12-17-28(39)36(16-5)19-21(7)38(46,49-36)35(11)18-20(6)32(47-35)25(13-2)30(41)22(8)29(40)23(9)33-26(14-3)31(42)24(10)37(45,48-33)27(15-4)34(43)44/h20-29,31-33,39-40,42,45-46H,12-19H2,1-11H3,(H,43,44). The van der Waals surface area contributed by atoms with Crippen molar-refractivity contribution in [1.82, 2.24) is 0 Å². The number of aliphatic carboxylic acids is 1. The zero-order valence-corrected chi connectivity index (χ0v) is 31.9. The molecule has 286 valence electrons. The van der Waals surface area contributed by atoms with Crippen LogP contribution >= 0.6 is 0 Å². The van der Waals surface area contributed by atoms with E-state index in [1.54, 1.807) is 27.7 Å². The molecule has 0 amide bonds. The highest BCUT2D eigenvalue weighted by molar-refractivity contribution is 5.84. The number of aliphatic hydroxyl groups is 5. The highest BCUT2D eigenvalue weighted by Gasteiger charge is 2.67. The number of ether oxygens (including phenoxy) is 3. The van der Waals surface area contributed by atoms with Crippen LogP contribution in [0.4, 0.5) is 0 Å². The van der Waals surface area contributed by atoms with Crippen LogP contribution in [0.25, 0.3) is 0 Å². The molecular formula is C38H68O11. The first kappa shape index (κ1) is 42.2. The van der Waals surface area contributed by atoms with Crippen LogP contribution in [0, 0.1) is 47.3 Å². The van der Waals surface area contributed by atoms with Crippen molar-refractivity contribution in [2.24, 2.45) is 47.3 Å². The maximum absolute atomic E-state index is 14.3. The highest BCUT2D eigenvalue weighted by atomic mass is 16.7. The smallest absolute Gasteiger partial charge is 0.311 e. The first-order valence-electron chi connectivity index (χ1n) is 19.0. The molecule has 0 aromatic heterocycles. The first-order chi connectivity index (χ1) is 22.7. The lowest BCUT2D eigenvalue weighted by Crippen LogP contribution is -2.64. The van der Waals surface area contributed by atoms with Gasteiger partial charge in [-0.2, -0.15) is 0 Å². The normalized spacial score (nSPS) is 43.5. The Labute approximate surface area is 294 Å². The second-order valence-electron chi connectivity index (χ2n) is 16.2. The number of hydrogen-bond acceptors (Lipinski definition) is 10. The van der Waals surface area contributed by atoms with Crippen LogP contribution in [-0.4, -0.2) is 95.7 Å². The Morgan fingerprint density at radius 2 is 1.53 bits per heavy atom. The van der Waals surface area contributed by atoms with Crippen LogP contribution in [0.2, 0.25) is 0 Å². The van der Waals surface area contributed by atoms with E-state index < -0.39 is 94.8 Å². The fourth-order valence-electron chi connectivity index (χ4n) is 9.82. The van der Waals surface area contributed by atoms with Crippen molar-refractivity contribution in [3.63, 3.8) is 0 Å². The minimum Gasteiger partial charge on any atom is -0.481 e. The summed E-state index contributed by atoms with van der Waals surface area (Å²) in [5.41, 5.74) is -2.05.